The van der Waals surface area contributed by atoms with E-state index in [0.29, 0.717) is 0 Å². The monoisotopic (exact) mass is 230 g/mol. The maximum absolute atomic E-state index is 11.0. The average Bonchev–Trinajstić information content (AvgIpc) is 2.03. The van der Waals surface area contributed by atoms with Gasteiger partial charge in [0, 0.05) is 0 Å². The maximum Gasteiger partial charge on any atom is 0.433 e. The molecule has 0 aromatic rings. The van der Waals surface area contributed by atoms with E-state index in [-0.39, 0.29) is 19.6 Å². The van der Waals surface area contributed by atoms with Crippen molar-refractivity contribution in [2.45, 2.75) is 0 Å². The Bertz CT molecular complexity index is 234. The van der Waals surface area contributed by atoms with E-state index < -0.39 is 34.0 Å². The average molecular weight is 230 g/mol. The van der Waals surface area contributed by atoms with Crippen LogP contribution in [0.1, 0.15) is 0 Å². The zero-order valence-corrected chi connectivity index (χ0v) is 8.52. The lowest BCUT2D eigenvalue weighted by molar-refractivity contribution is -0.812. The molecule has 0 aliphatic carbocycles. The molecule has 0 unspecified atom stereocenters. The summed E-state index contributed by atoms with van der Waals surface area (Å²) in [6.45, 7) is -2.17. The minimum absolute atomic E-state index is 0.264. The lowest BCUT2D eigenvalue weighted by atomic mass is 10.4. The molecule has 0 aliphatic rings. The Morgan fingerprint density at radius 3 is 1.29 bits per heavy atom. The Balaban J connectivity index is 4.93. The second-order valence-corrected chi connectivity index (χ2v) is 4.52. The van der Waals surface area contributed by atoms with Crippen LogP contribution < -0.4 is 0 Å². The molecule has 4 N–H and O–H groups in total. The molecule has 86 valence electrons. The van der Waals surface area contributed by atoms with E-state index in [1.807, 2.05) is 0 Å². The van der Waals surface area contributed by atoms with Crippen molar-refractivity contribution >= 4 is 10.3 Å². The van der Waals surface area contributed by atoms with Crippen LogP contribution >= 0.6 is 0 Å². The Morgan fingerprint density at radius 1 is 0.857 bits per heavy atom. The summed E-state index contributed by atoms with van der Waals surface area (Å²) in [5.74, 6) is 0. The van der Waals surface area contributed by atoms with Crippen molar-refractivity contribution in [3.63, 3.8) is 0 Å². The van der Waals surface area contributed by atoms with Gasteiger partial charge in [-0.05, 0) is 0 Å². The van der Waals surface area contributed by atoms with Crippen molar-refractivity contribution in [1.29, 1.82) is 0 Å². The number of nitrogens with zero attached hydrogens (tertiary/aromatic N) is 1. The Hall–Kier alpha value is -0.250. The molecule has 0 bridgehead atoms. The Kier molecular flexibility index (Phi) is 5.49. The first-order chi connectivity index (χ1) is 6.43. The van der Waals surface area contributed by atoms with Crippen LogP contribution in [0.15, 0.2) is 0 Å². The van der Waals surface area contributed by atoms with Gasteiger partial charge in [0.15, 0.2) is 0 Å². The van der Waals surface area contributed by atoms with Crippen molar-refractivity contribution in [2.24, 2.45) is 0 Å². The lowest BCUT2D eigenvalue weighted by Gasteiger charge is -2.31. The first-order valence-corrected chi connectivity index (χ1v) is 5.49. The van der Waals surface area contributed by atoms with Crippen LogP contribution in [0.4, 0.5) is 0 Å². The summed E-state index contributed by atoms with van der Waals surface area (Å²) in [6.07, 6.45) is 0. The summed E-state index contributed by atoms with van der Waals surface area (Å²) in [7, 11) is -4.46. The Labute approximate surface area is 82.7 Å². The minimum Gasteiger partial charge on any atom is -0.390 e. The molecule has 0 radical (unpaired) electrons. The van der Waals surface area contributed by atoms with Gasteiger partial charge in [0.05, 0.1) is 19.8 Å². The normalized spacial score (nSPS) is 13.1. The Morgan fingerprint density at radius 2 is 1.14 bits per heavy atom. The van der Waals surface area contributed by atoms with Gasteiger partial charge in [0.25, 0.3) is 0 Å². The number of aliphatic hydroxyl groups excluding tert-OH is 3. The second-order valence-electron chi connectivity index (χ2n) is 2.85. The standard InChI is InChI=1S/C6H15NO6S/c8-4-1-7(2-5-9,3-6-10)14(11,12)13/h8-10H,1-6H2/p+1. The summed E-state index contributed by atoms with van der Waals surface area (Å²) in [4.78, 5) is 0. The van der Waals surface area contributed by atoms with Gasteiger partial charge in [-0.25, -0.2) is 4.55 Å². The molecule has 7 nitrogen and oxygen atoms in total. The van der Waals surface area contributed by atoms with Crippen molar-refractivity contribution in [3.05, 3.63) is 0 Å². The van der Waals surface area contributed by atoms with Gasteiger partial charge in [-0.3, -0.25) is 0 Å². The SMILES string of the molecule is O=S(=O)(O)[N+](CCO)(CCO)CCO. The van der Waals surface area contributed by atoms with Crippen molar-refractivity contribution < 1.29 is 32.2 Å². The smallest absolute Gasteiger partial charge is 0.390 e. The lowest BCUT2D eigenvalue weighted by Crippen LogP contribution is -2.56. The predicted octanol–water partition coefficient (Wildman–Crippen LogP) is -2.42. The molecule has 0 saturated carbocycles. The van der Waals surface area contributed by atoms with Crippen LogP contribution in [0, 0.1) is 0 Å². The number of rotatable bonds is 7. The van der Waals surface area contributed by atoms with Crippen LogP contribution in [-0.2, 0) is 10.3 Å². The predicted molar refractivity (Wildman–Crippen MR) is 47.7 cm³/mol. The van der Waals surface area contributed by atoms with E-state index in [1.165, 1.54) is 0 Å². The molecule has 0 heterocycles. The highest BCUT2D eigenvalue weighted by Crippen LogP contribution is 2.12. The van der Waals surface area contributed by atoms with Crippen molar-refractivity contribution in [2.75, 3.05) is 39.5 Å². The molecule has 0 spiro atoms. The highest BCUT2D eigenvalue weighted by Gasteiger charge is 2.39. The van der Waals surface area contributed by atoms with Crippen LogP contribution in [0.3, 0.4) is 0 Å². The minimum atomic E-state index is -4.46. The highest BCUT2D eigenvalue weighted by molar-refractivity contribution is 7.80. The summed E-state index contributed by atoms with van der Waals surface area (Å²) >= 11 is 0. The molecule has 14 heavy (non-hydrogen) atoms. The van der Waals surface area contributed by atoms with Gasteiger partial charge in [0.2, 0.25) is 0 Å². The van der Waals surface area contributed by atoms with Gasteiger partial charge >= 0.3 is 10.3 Å². The third kappa shape index (κ3) is 3.15. The molecule has 0 fully saturated rings. The zero-order chi connectivity index (χ0) is 11.2. The molecular formula is C6H16NO6S+. The first-order valence-electron chi connectivity index (χ1n) is 4.10. The molecule has 0 rings (SSSR count). The van der Waals surface area contributed by atoms with E-state index in [9.17, 15) is 8.42 Å². The third-order valence-electron chi connectivity index (χ3n) is 2.01. The fourth-order valence-electron chi connectivity index (χ4n) is 1.23. The second kappa shape index (κ2) is 5.59. The van der Waals surface area contributed by atoms with E-state index >= 15 is 0 Å². The third-order valence-corrected chi connectivity index (χ3v) is 3.54. The molecule has 0 amide bonds. The van der Waals surface area contributed by atoms with Crippen molar-refractivity contribution in [1.82, 2.24) is 0 Å². The number of hydrogen-bond donors (Lipinski definition) is 4. The van der Waals surface area contributed by atoms with Crippen LogP contribution in [0.5, 0.6) is 0 Å². The van der Waals surface area contributed by atoms with E-state index in [0.717, 1.165) is 0 Å². The number of aliphatic hydroxyl groups is 3. The molecular weight excluding hydrogens is 214 g/mol. The van der Waals surface area contributed by atoms with E-state index in [1.54, 1.807) is 0 Å². The van der Waals surface area contributed by atoms with Crippen LogP contribution in [0.25, 0.3) is 0 Å². The molecule has 0 aromatic carbocycles. The van der Waals surface area contributed by atoms with Gasteiger partial charge in [-0.1, -0.05) is 0 Å². The van der Waals surface area contributed by atoms with Gasteiger partial charge in [0.1, 0.15) is 19.6 Å². The van der Waals surface area contributed by atoms with E-state index in [2.05, 4.69) is 0 Å². The van der Waals surface area contributed by atoms with Gasteiger partial charge < -0.3 is 15.3 Å². The molecule has 0 saturated heterocycles. The maximum atomic E-state index is 11.0. The largest absolute Gasteiger partial charge is 0.433 e. The molecule has 8 heteroatoms. The summed E-state index contributed by atoms with van der Waals surface area (Å²) < 4.78 is 30.0. The highest BCUT2D eigenvalue weighted by atomic mass is 32.2. The quantitative estimate of drug-likeness (QED) is 0.286. The van der Waals surface area contributed by atoms with Gasteiger partial charge in [-0.2, -0.15) is 3.89 Å². The summed E-state index contributed by atoms with van der Waals surface area (Å²) in [5.41, 5.74) is 0. The molecule has 0 atom stereocenters. The van der Waals surface area contributed by atoms with Gasteiger partial charge in [-0.15, -0.1) is 8.42 Å². The zero-order valence-electron chi connectivity index (χ0n) is 7.70. The topological polar surface area (TPSA) is 115 Å². The first kappa shape index (κ1) is 13.8. The van der Waals surface area contributed by atoms with Crippen LogP contribution in [0.2, 0.25) is 0 Å². The molecule has 0 aromatic heterocycles. The van der Waals surface area contributed by atoms with Crippen LogP contribution in [-0.4, -0.2) is 71.6 Å². The van der Waals surface area contributed by atoms with Crippen molar-refractivity contribution in [3.8, 4) is 0 Å². The number of quaternary nitrogens is 1. The summed E-state index contributed by atoms with van der Waals surface area (Å²) in [6, 6.07) is 0. The van der Waals surface area contributed by atoms with E-state index in [4.69, 9.17) is 19.9 Å². The fourth-order valence-corrected chi connectivity index (χ4v) is 2.17. The fraction of sp³-hybridized carbons (Fsp3) is 1.00. The number of hydrogen-bond acceptors (Lipinski definition) is 5. The summed E-state index contributed by atoms with van der Waals surface area (Å²) in [5, 5.41) is 26.0. The molecule has 0 aliphatic heterocycles.